The van der Waals surface area contributed by atoms with Crippen molar-refractivity contribution in [2.24, 2.45) is 5.92 Å². The fraction of sp³-hybridized carbons (Fsp3) is 0.636. The fourth-order valence-corrected chi connectivity index (χ4v) is 4.23. The molecule has 1 heterocycles. The highest BCUT2D eigenvalue weighted by Crippen LogP contribution is 2.25. The van der Waals surface area contributed by atoms with Gasteiger partial charge in [0.15, 0.2) is 0 Å². The summed E-state index contributed by atoms with van der Waals surface area (Å²) in [7, 11) is -1.84. The largest absolute Gasteiger partial charge is 0.392 e. The van der Waals surface area contributed by atoms with Gasteiger partial charge in [-0.25, -0.2) is 8.42 Å². The lowest BCUT2D eigenvalue weighted by atomic mass is 10.1. The van der Waals surface area contributed by atoms with Crippen LogP contribution >= 0.6 is 11.3 Å². The topological polar surface area (TPSA) is 57.6 Å². The standard InChI is InChI=1S/C11H19NO3S2/c1-8(2)9(3)12(4)17(14,15)11-5-10(6-13)7-16-11/h5,7-9,13H,6H2,1-4H3. The molecule has 0 radical (unpaired) electrons. The molecular weight excluding hydrogens is 258 g/mol. The molecule has 6 heteroatoms. The molecule has 0 aliphatic carbocycles. The second-order valence-electron chi connectivity index (χ2n) is 4.44. The lowest BCUT2D eigenvalue weighted by Crippen LogP contribution is -2.37. The van der Waals surface area contributed by atoms with Crippen molar-refractivity contribution < 1.29 is 13.5 Å². The predicted octanol–water partition coefficient (Wildman–Crippen LogP) is 1.91. The zero-order chi connectivity index (χ0) is 13.2. The maximum absolute atomic E-state index is 12.3. The van der Waals surface area contributed by atoms with Crippen LogP contribution in [0.4, 0.5) is 0 Å². The van der Waals surface area contributed by atoms with Crippen LogP contribution in [0.5, 0.6) is 0 Å². The van der Waals surface area contributed by atoms with Crippen molar-refractivity contribution in [1.29, 1.82) is 0 Å². The molecule has 0 aliphatic heterocycles. The average molecular weight is 277 g/mol. The van der Waals surface area contributed by atoms with Gasteiger partial charge >= 0.3 is 0 Å². The lowest BCUT2D eigenvalue weighted by Gasteiger charge is -2.26. The number of nitrogens with zero attached hydrogens (tertiary/aromatic N) is 1. The molecule has 1 unspecified atom stereocenters. The molecule has 0 fully saturated rings. The molecule has 17 heavy (non-hydrogen) atoms. The Labute approximate surface area is 107 Å². The van der Waals surface area contributed by atoms with Gasteiger partial charge in [0.2, 0.25) is 0 Å². The Balaban J connectivity index is 3.02. The first-order valence-electron chi connectivity index (χ1n) is 5.47. The highest BCUT2D eigenvalue weighted by molar-refractivity contribution is 7.91. The molecule has 1 aromatic heterocycles. The van der Waals surface area contributed by atoms with Crippen molar-refractivity contribution in [1.82, 2.24) is 4.31 Å². The van der Waals surface area contributed by atoms with Crippen LogP contribution in [0.1, 0.15) is 26.3 Å². The highest BCUT2D eigenvalue weighted by Gasteiger charge is 2.28. The summed E-state index contributed by atoms with van der Waals surface area (Å²) in [5.74, 6) is 0.257. The summed E-state index contributed by atoms with van der Waals surface area (Å²) in [6.07, 6.45) is 0. The third kappa shape index (κ3) is 3.07. The van der Waals surface area contributed by atoms with Crippen molar-refractivity contribution in [3.8, 4) is 0 Å². The Hall–Kier alpha value is -0.430. The monoisotopic (exact) mass is 277 g/mol. The van der Waals surface area contributed by atoms with Crippen molar-refractivity contribution >= 4 is 21.4 Å². The molecule has 0 saturated heterocycles. The third-order valence-corrected chi connectivity index (χ3v) is 6.39. The van der Waals surface area contributed by atoms with Gasteiger partial charge in [-0.05, 0) is 29.9 Å². The van der Waals surface area contributed by atoms with Gasteiger partial charge < -0.3 is 5.11 Å². The minimum Gasteiger partial charge on any atom is -0.392 e. The molecule has 1 rings (SSSR count). The van der Waals surface area contributed by atoms with E-state index < -0.39 is 10.0 Å². The summed E-state index contributed by atoms with van der Waals surface area (Å²) >= 11 is 1.15. The Morgan fingerprint density at radius 2 is 2.00 bits per heavy atom. The minimum atomic E-state index is -3.43. The van der Waals surface area contributed by atoms with Gasteiger partial charge in [-0.2, -0.15) is 4.31 Å². The first-order chi connectivity index (χ1) is 7.80. The number of hydrogen-bond acceptors (Lipinski definition) is 4. The van der Waals surface area contributed by atoms with E-state index in [4.69, 9.17) is 5.11 Å². The summed E-state index contributed by atoms with van der Waals surface area (Å²) in [6.45, 7) is 5.74. The van der Waals surface area contributed by atoms with Crippen molar-refractivity contribution in [3.63, 3.8) is 0 Å². The summed E-state index contributed by atoms with van der Waals surface area (Å²) in [6, 6.07) is 1.48. The Morgan fingerprint density at radius 1 is 1.41 bits per heavy atom. The maximum atomic E-state index is 12.3. The van der Waals surface area contributed by atoms with Crippen LogP contribution in [0.15, 0.2) is 15.7 Å². The molecule has 0 aliphatic rings. The number of rotatable bonds is 5. The minimum absolute atomic E-state index is 0.0559. The van der Waals surface area contributed by atoms with Crippen LogP contribution in [0.3, 0.4) is 0 Å². The van der Waals surface area contributed by atoms with E-state index in [9.17, 15) is 8.42 Å². The molecule has 4 nitrogen and oxygen atoms in total. The Morgan fingerprint density at radius 3 is 2.41 bits per heavy atom. The predicted molar refractivity (Wildman–Crippen MR) is 69.5 cm³/mol. The Kier molecular flexibility index (Phi) is 4.71. The van der Waals surface area contributed by atoms with E-state index in [0.717, 1.165) is 11.3 Å². The Bertz CT molecular complexity index is 465. The van der Waals surface area contributed by atoms with E-state index in [1.54, 1.807) is 12.4 Å². The summed E-state index contributed by atoms with van der Waals surface area (Å²) < 4.78 is 26.2. The van der Waals surface area contributed by atoms with Crippen molar-refractivity contribution in [3.05, 3.63) is 17.0 Å². The number of hydrogen-bond donors (Lipinski definition) is 1. The molecule has 0 spiro atoms. The smallest absolute Gasteiger partial charge is 0.252 e. The van der Waals surface area contributed by atoms with Crippen LogP contribution < -0.4 is 0 Å². The fourth-order valence-electron chi connectivity index (χ4n) is 1.35. The van der Waals surface area contributed by atoms with Gasteiger partial charge in [0, 0.05) is 13.1 Å². The molecule has 98 valence electrons. The quantitative estimate of drug-likeness (QED) is 0.894. The van der Waals surface area contributed by atoms with Gasteiger partial charge in [-0.3, -0.25) is 0 Å². The van der Waals surface area contributed by atoms with Crippen LogP contribution in [0, 0.1) is 5.92 Å². The van der Waals surface area contributed by atoms with Crippen LogP contribution in [0.2, 0.25) is 0 Å². The van der Waals surface area contributed by atoms with Crippen molar-refractivity contribution in [2.75, 3.05) is 7.05 Å². The van der Waals surface area contributed by atoms with Gasteiger partial charge in [0.05, 0.1) is 6.61 Å². The van der Waals surface area contributed by atoms with Gasteiger partial charge in [-0.15, -0.1) is 11.3 Å². The second-order valence-corrected chi connectivity index (χ2v) is 7.57. The SMILES string of the molecule is CC(C)C(C)N(C)S(=O)(=O)c1cc(CO)cs1. The van der Waals surface area contributed by atoms with Gasteiger partial charge in [0.25, 0.3) is 10.0 Å². The molecule has 0 saturated carbocycles. The van der Waals surface area contributed by atoms with Crippen LogP contribution in [-0.4, -0.2) is 30.9 Å². The van der Waals surface area contributed by atoms with E-state index in [1.165, 1.54) is 10.4 Å². The van der Waals surface area contributed by atoms with Crippen molar-refractivity contribution in [2.45, 2.75) is 37.6 Å². The number of sulfonamides is 1. The van der Waals surface area contributed by atoms with E-state index in [0.29, 0.717) is 5.56 Å². The third-order valence-electron chi connectivity index (χ3n) is 2.98. The molecule has 1 aromatic rings. The van der Waals surface area contributed by atoms with E-state index in [1.807, 2.05) is 20.8 Å². The summed E-state index contributed by atoms with van der Waals surface area (Å²) in [5, 5.41) is 10.6. The summed E-state index contributed by atoms with van der Waals surface area (Å²) in [5.41, 5.74) is 0.638. The van der Waals surface area contributed by atoms with Gasteiger partial charge in [0.1, 0.15) is 4.21 Å². The molecule has 0 aromatic carbocycles. The summed E-state index contributed by atoms with van der Waals surface area (Å²) in [4.78, 5) is 0. The first kappa shape index (κ1) is 14.6. The number of aliphatic hydroxyl groups is 1. The van der Waals surface area contributed by atoms with E-state index >= 15 is 0 Å². The van der Waals surface area contributed by atoms with E-state index in [-0.39, 0.29) is 22.8 Å². The number of thiophene rings is 1. The lowest BCUT2D eigenvalue weighted by molar-refractivity contribution is 0.282. The van der Waals surface area contributed by atoms with E-state index in [2.05, 4.69) is 0 Å². The zero-order valence-corrected chi connectivity index (χ0v) is 12.2. The molecule has 0 amide bonds. The van der Waals surface area contributed by atoms with Gasteiger partial charge in [-0.1, -0.05) is 13.8 Å². The maximum Gasteiger partial charge on any atom is 0.252 e. The van der Waals surface area contributed by atoms with Crippen LogP contribution in [0.25, 0.3) is 0 Å². The highest BCUT2D eigenvalue weighted by atomic mass is 32.2. The normalized spacial score (nSPS) is 14.5. The first-order valence-corrected chi connectivity index (χ1v) is 7.79. The molecular formula is C11H19NO3S2. The molecule has 1 N–H and O–H groups in total. The average Bonchev–Trinajstić information content (AvgIpc) is 2.75. The molecule has 1 atom stereocenters. The second kappa shape index (κ2) is 5.48. The van der Waals surface area contributed by atoms with Crippen LogP contribution in [-0.2, 0) is 16.6 Å². The molecule has 0 bridgehead atoms. The zero-order valence-electron chi connectivity index (χ0n) is 10.5. The number of aliphatic hydroxyl groups excluding tert-OH is 1.